The maximum absolute atomic E-state index is 13.8. The fraction of sp³-hybridized carbons (Fsp3) is 0.217. The van der Waals surface area contributed by atoms with Crippen LogP contribution < -0.4 is 4.90 Å². The molecule has 0 unspecified atom stereocenters. The molecule has 10 heteroatoms. The maximum atomic E-state index is 13.8. The van der Waals surface area contributed by atoms with Crippen LogP contribution in [0.1, 0.15) is 30.5 Å². The highest BCUT2D eigenvalue weighted by atomic mass is 32.1. The molecule has 0 bridgehead atoms. The number of amides is 1. The van der Waals surface area contributed by atoms with Crippen LogP contribution in [0.5, 0.6) is 0 Å². The van der Waals surface area contributed by atoms with Crippen LogP contribution in [0.2, 0.25) is 0 Å². The zero-order valence-corrected chi connectivity index (χ0v) is 19.2. The molecule has 3 aromatic rings. The summed E-state index contributed by atoms with van der Waals surface area (Å²) in [5, 5.41) is 11.1. The van der Waals surface area contributed by atoms with Crippen molar-refractivity contribution in [2.24, 2.45) is 0 Å². The van der Waals surface area contributed by atoms with E-state index in [-0.39, 0.29) is 11.7 Å². The molecular formula is C23H17F3N4OS2. The summed E-state index contributed by atoms with van der Waals surface area (Å²) in [6.07, 6.45) is -3.17. The minimum Gasteiger partial charge on any atom is -0.330 e. The largest absolute Gasteiger partial charge is 0.419 e. The van der Waals surface area contributed by atoms with Crippen LogP contribution in [-0.2, 0) is 17.5 Å². The lowest BCUT2D eigenvalue weighted by atomic mass is 10.0. The van der Waals surface area contributed by atoms with Gasteiger partial charge in [0.05, 0.1) is 33.5 Å². The molecule has 4 rings (SSSR count). The summed E-state index contributed by atoms with van der Waals surface area (Å²) in [7, 11) is 0. The van der Waals surface area contributed by atoms with Gasteiger partial charge in [-0.2, -0.15) is 18.4 Å². The number of nitriles is 1. The third-order valence-corrected chi connectivity index (χ3v) is 6.75. The fourth-order valence-electron chi connectivity index (χ4n) is 3.70. The second-order valence-electron chi connectivity index (χ2n) is 7.91. The Hall–Kier alpha value is -3.29. The topological polar surface area (TPSA) is 60.2 Å². The second-order valence-corrected chi connectivity index (χ2v) is 9.22. The average Bonchev–Trinajstić information content (AvgIpc) is 3.36. The number of hydrogen-bond acceptors (Lipinski definition) is 5. The Bertz CT molecular complexity index is 1260. The Morgan fingerprint density at radius 3 is 2.52 bits per heavy atom. The Labute approximate surface area is 197 Å². The number of pyridine rings is 1. The van der Waals surface area contributed by atoms with Crippen molar-refractivity contribution in [2.75, 3.05) is 4.90 Å². The summed E-state index contributed by atoms with van der Waals surface area (Å²) in [5.74, 6) is -0.601. The third kappa shape index (κ3) is 3.98. The minimum atomic E-state index is -4.84. The normalized spacial score (nSPS) is 15.8. The van der Waals surface area contributed by atoms with Gasteiger partial charge >= 0.3 is 6.18 Å². The van der Waals surface area contributed by atoms with Crippen LogP contribution >= 0.6 is 23.6 Å². The van der Waals surface area contributed by atoms with Crippen LogP contribution in [-0.4, -0.2) is 26.4 Å². The number of carbonyl (C=O) groups excluding carboxylic acids is 1. The van der Waals surface area contributed by atoms with E-state index in [4.69, 9.17) is 12.2 Å². The second kappa shape index (κ2) is 8.24. The zero-order valence-electron chi connectivity index (χ0n) is 17.6. The molecule has 1 aromatic carbocycles. The summed E-state index contributed by atoms with van der Waals surface area (Å²) < 4.78 is 41.5. The van der Waals surface area contributed by atoms with E-state index in [1.807, 2.05) is 29.6 Å². The van der Waals surface area contributed by atoms with Crippen molar-refractivity contribution >= 4 is 40.3 Å². The summed E-state index contributed by atoms with van der Waals surface area (Å²) in [4.78, 5) is 21.2. The number of nitrogens with zero attached hydrogens (tertiary/aromatic N) is 4. The molecule has 0 spiro atoms. The van der Waals surface area contributed by atoms with Gasteiger partial charge in [-0.1, -0.05) is 18.2 Å². The molecule has 1 aliphatic heterocycles. The van der Waals surface area contributed by atoms with E-state index in [9.17, 15) is 23.2 Å². The van der Waals surface area contributed by atoms with E-state index in [0.717, 1.165) is 33.2 Å². The van der Waals surface area contributed by atoms with E-state index < -0.39 is 34.4 Å². The molecule has 1 saturated heterocycles. The van der Waals surface area contributed by atoms with Crippen molar-refractivity contribution in [2.45, 2.75) is 32.1 Å². The molecule has 1 fully saturated rings. The molecule has 2 aromatic heterocycles. The maximum Gasteiger partial charge on any atom is 0.419 e. The van der Waals surface area contributed by atoms with Gasteiger partial charge in [-0.3, -0.25) is 14.7 Å². The Kier molecular flexibility index (Phi) is 5.72. The van der Waals surface area contributed by atoms with Gasteiger partial charge in [0.2, 0.25) is 0 Å². The van der Waals surface area contributed by atoms with E-state index in [2.05, 4.69) is 4.98 Å². The van der Waals surface area contributed by atoms with E-state index in [1.54, 1.807) is 42.4 Å². The first kappa shape index (κ1) is 22.9. The summed E-state index contributed by atoms with van der Waals surface area (Å²) in [5.41, 5.74) is -1.84. The van der Waals surface area contributed by atoms with Crippen molar-refractivity contribution in [3.8, 4) is 16.6 Å². The van der Waals surface area contributed by atoms with Gasteiger partial charge < -0.3 is 4.90 Å². The number of rotatable bonds is 4. The van der Waals surface area contributed by atoms with Crippen LogP contribution in [0.3, 0.4) is 0 Å². The lowest BCUT2D eigenvalue weighted by molar-refractivity contribution is -0.137. The van der Waals surface area contributed by atoms with E-state index in [1.165, 1.54) is 6.07 Å². The molecule has 3 heterocycles. The average molecular weight is 487 g/mol. The van der Waals surface area contributed by atoms with Gasteiger partial charge in [0.1, 0.15) is 5.54 Å². The lowest BCUT2D eigenvalue weighted by Crippen LogP contribution is -2.43. The van der Waals surface area contributed by atoms with E-state index in [0.29, 0.717) is 0 Å². The predicted octanol–water partition coefficient (Wildman–Crippen LogP) is 5.61. The van der Waals surface area contributed by atoms with Gasteiger partial charge in [-0.05, 0) is 61.3 Å². The van der Waals surface area contributed by atoms with Gasteiger partial charge in [-0.25, -0.2) is 0 Å². The highest BCUT2D eigenvalue weighted by molar-refractivity contribution is 7.80. The smallest absolute Gasteiger partial charge is 0.330 e. The minimum absolute atomic E-state index is 0.0621. The molecule has 0 saturated carbocycles. The monoisotopic (exact) mass is 486 g/mol. The summed E-state index contributed by atoms with van der Waals surface area (Å²) >= 11 is 7.04. The van der Waals surface area contributed by atoms with Crippen molar-refractivity contribution in [3.63, 3.8) is 0 Å². The fourth-order valence-corrected chi connectivity index (χ4v) is 4.88. The Morgan fingerprint density at radius 1 is 1.18 bits per heavy atom. The zero-order chi connectivity index (χ0) is 24.0. The van der Waals surface area contributed by atoms with Gasteiger partial charge in [0, 0.05) is 12.7 Å². The number of halogens is 3. The highest BCUT2D eigenvalue weighted by Gasteiger charge is 2.51. The Morgan fingerprint density at radius 2 is 1.94 bits per heavy atom. The molecule has 0 atom stereocenters. The molecule has 1 amide bonds. The van der Waals surface area contributed by atoms with E-state index >= 15 is 0 Å². The number of thiophene rings is 1. The van der Waals surface area contributed by atoms with Crippen molar-refractivity contribution < 1.29 is 18.0 Å². The molecular weight excluding hydrogens is 469 g/mol. The molecule has 0 aliphatic carbocycles. The quantitative estimate of drug-likeness (QED) is 0.449. The predicted molar refractivity (Wildman–Crippen MR) is 123 cm³/mol. The number of benzene rings is 1. The molecule has 0 N–H and O–H groups in total. The summed E-state index contributed by atoms with van der Waals surface area (Å²) in [6.45, 7) is 3.40. The SMILES string of the molecule is CC1(C)C(=O)N(c2cccc(C#N)c2C(F)(F)F)C(=S)N1Cc1ccc(-c2cccs2)nc1. The number of thiocarbonyl (C=S) groups is 1. The highest BCUT2D eigenvalue weighted by Crippen LogP contribution is 2.42. The van der Waals surface area contributed by atoms with Crippen molar-refractivity contribution in [3.05, 3.63) is 70.7 Å². The van der Waals surface area contributed by atoms with Crippen LogP contribution in [0.15, 0.2) is 54.0 Å². The van der Waals surface area contributed by atoms with Gasteiger partial charge in [0.25, 0.3) is 5.91 Å². The molecule has 1 aliphatic rings. The lowest BCUT2D eigenvalue weighted by Gasteiger charge is -2.29. The van der Waals surface area contributed by atoms with Crippen LogP contribution in [0, 0.1) is 11.3 Å². The van der Waals surface area contributed by atoms with Gasteiger partial charge in [-0.15, -0.1) is 11.3 Å². The van der Waals surface area contributed by atoms with Crippen molar-refractivity contribution in [1.82, 2.24) is 9.88 Å². The first-order valence-electron chi connectivity index (χ1n) is 9.81. The molecule has 33 heavy (non-hydrogen) atoms. The van der Waals surface area contributed by atoms with Crippen LogP contribution in [0.25, 0.3) is 10.6 Å². The van der Waals surface area contributed by atoms with Crippen LogP contribution in [0.4, 0.5) is 18.9 Å². The van der Waals surface area contributed by atoms with Crippen molar-refractivity contribution in [1.29, 1.82) is 5.26 Å². The number of hydrogen-bond donors (Lipinski definition) is 0. The molecule has 5 nitrogen and oxygen atoms in total. The standard InChI is InChI=1S/C23H17F3N4OS2/c1-22(2)20(31)30(17-6-3-5-15(11-27)19(17)23(24,25)26)21(32)29(22)13-14-8-9-16(28-12-14)18-7-4-10-33-18/h3-10,12H,13H2,1-2H3. The number of alkyl halides is 3. The number of anilines is 1. The summed E-state index contributed by atoms with van der Waals surface area (Å²) in [6, 6.07) is 12.7. The number of carbonyl (C=O) groups is 1. The first-order valence-corrected chi connectivity index (χ1v) is 11.1. The van der Waals surface area contributed by atoms with Gasteiger partial charge in [0.15, 0.2) is 5.11 Å². The molecule has 0 radical (unpaired) electrons. The molecule has 168 valence electrons. The Balaban J connectivity index is 1.70. The number of aromatic nitrogens is 1. The first-order chi connectivity index (χ1) is 15.6. The third-order valence-electron chi connectivity index (χ3n) is 5.45.